The van der Waals surface area contributed by atoms with Crippen LogP contribution >= 0.6 is 0 Å². The van der Waals surface area contributed by atoms with E-state index in [0.29, 0.717) is 11.8 Å². The molecule has 0 unspecified atom stereocenters. The van der Waals surface area contributed by atoms with E-state index in [2.05, 4.69) is 25.0 Å². The summed E-state index contributed by atoms with van der Waals surface area (Å²) >= 11 is 0. The largest absolute Gasteiger partial charge is 0.340 e. The first-order chi connectivity index (χ1) is 10.7. The van der Waals surface area contributed by atoms with Gasteiger partial charge in [-0.05, 0) is 45.6 Å². The summed E-state index contributed by atoms with van der Waals surface area (Å²) in [6, 6.07) is 2.01. The molecule has 0 spiro atoms. The molecular formula is C16H21N5O. The lowest BCUT2D eigenvalue weighted by Gasteiger charge is -2.31. The summed E-state index contributed by atoms with van der Waals surface area (Å²) in [5, 5.41) is 4.21. The van der Waals surface area contributed by atoms with Crippen LogP contribution in [0, 0.1) is 13.8 Å². The van der Waals surface area contributed by atoms with Crippen molar-refractivity contribution < 1.29 is 4.52 Å². The molecule has 2 aromatic rings. The lowest BCUT2D eigenvalue weighted by atomic mass is 9.97. The third-order valence-electron chi connectivity index (χ3n) is 4.42. The fourth-order valence-corrected chi connectivity index (χ4v) is 3.13. The molecule has 1 aliphatic heterocycles. The van der Waals surface area contributed by atoms with Gasteiger partial charge in [0.15, 0.2) is 5.82 Å². The molecule has 1 saturated heterocycles. The van der Waals surface area contributed by atoms with Crippen molar-refractivity contribution in [1.82, 2.24) is 20.1 Å². The molecule has 0 radical (unpaired) electrons. The van der Waals surface area contributed by atoms with Crippen LogP contribution in [0.5, 0.6) is 0 Å². The van der Waals surface area contributed by atoms with Gasteiger partial charge in [0.1, 0.15) is 0 Å². The lowest BCUT2D eigenvalue weighted by molar-refractivity contribution is 0.365. The Morgan fingerprint density at radius 1 is 1.05 bits per heavy atom. The highest BCUT2D eigenvalue weighted by Crippen LogP contribution is 2.39. The molecule has 2 fully saturated rings. The van der Waals surface area contributed by atoms with Gasteiger partial charge in [-0.2, -0.15) is 4.98 Å². The molecule has 6 nitrogen and oxygen atoms in total. The van der Waals surface area contributed by atoms with Crippen molar-refractivity contribution >= 4 is 5.95 Å². The van der Waals surface area contributed by atoms with Crippen molar-refractivity contribution in [2.45, 2.75) is 51.4 Å². The van der Waals surface area contributed by atoms with Crippen LogP contribution in [-0.4, -0.2) is 33.2 Å². The van der Waals surface area contributed by atoms with Crippen LogP contribution in [0.1, 0.15) is 60.6 Å². The summed E-state index contributed by atoms with van der Waals surface area (Å²) in [6.07, 6.45) is 4.59. The fraction of sp³-hybridized carbons (Fsp3) is 0.625. The van der Waals surface area contributed by atoms with E-state index in [4.69, 9.17) is 4.52 Å². The molecule has 116 valence electrons. The van der Waals surface area contributed by atoms with Gasteiger partial charge in [-0.1, -0.05) is 5.16 Å². The molecule has 6 heteroatoms. The molecule has 0 amide bonds. The van der Waals surface area contributed by atoms with E-state index in [1.807, 2.05) is 19.9 Å². The second kappa shape index (κ2) is 5.34. The Kier molecular flexibility index (Phi) is 3.32. The number of aryl methyl sites for hydroxylation is 2. The van der Waals surface area contributed by atoms with Gasteiger partial charge in [0, 0.05) is 36.3 Å². The molecular weight excluding hydrogens is 278 g/mol. The highest BCUT2D eigenvalue weighted by molar-refractivity contribution is 5.34. The van der Waals surface area contributed by atoms with Gasteiger partial charge in [0.05, 0.1) is 0 Å². The van der Waals surface area contributed by atoms with E-state index in [1.54, 1.807) is 0 Å². The van der Waals surface area contributed by atoms with Crippen LogP contribution in [0.3, 0.4) is 0 Å². The van der Waals surface area contributed by atoms with E-state index >= 15 is 0 Å². The maximum atomic E-state index is 5.41. The normalized spacial score (nSPS) is 22.1. The van der Waals surface area contributed by atoms with Gasteiger partial charge in [-0.3, -0.25) is 0 Å². The number of rotatable bonds is 3. The molecule has 1 saturated carbocycles. The summed E-state index contributed by atoms with van der Waals surface area (Å²) in [5.74, 6) is 3.34. The summed E-state index contributed by atoms with van der Waals surface area (Å²) in [5.41, 5.74) is 2.03. The van der Waals surface area contributed by atoms with Crippen LogP contribution in [0.4, 0.5) is 5.95 Å². The molecule has 2 aromatic heterocycles. The van der Waals surface area contributed by atoms with E-state index in [-0.39, 0.29) is 0 Å². The van der Waals surface area contributed by atoms with Crippen LogP contribution in [0.2, 0.25) is 0 Å². The van der Waals surface area contributed by atoms with Gasteiger partial charge < -0.3 is 9.42 Å². The first-order valence-corrected chi connectivity index (χ1v) is 8.10. The van der Waals surface area contributed by atoms with Gasteiger partial charge in [-0.25, -0.2) is 9.97 Å². The lowest BCUT2D eigenvalue weighted by Crippen LogP contribution is -2.36. The zero-order chi connectivity index (χ0) is 15.1. The smallest absolute Gasteiger partial charge is 0.229 e. The molecule has 0 aromatic carbocycles. The van der Waals surface area contributed by atoms with E-state index in [1.165, 1.54) is 12.8 Å². The van der Waals surface area contributed by atoms with Crippen molar-refractivity contribution in [2.24, 2.45) is 0 Å². The van der Waals surface area contributed by atoms with Crippen LogP contribution in [0.15, 0.2) is 10.6 Å². The Labute approximate surface area is 130 Å². The minimum absolute atomic E-state index is 0.314. The minimum atomic E-state index is 0.314. The average molecular weight is 299 g/mol. The van der Waals surface area contributed by atoms with Gasteiger partial charge in [0.25, 0.3) is 0 Å². The number of hydrogen-bond acceptors (Lipinski definition) is 6. The topological polar surface area (TPSA) is 67.9 Å². The number of anilines is 1. The van der Waals surface area contributed by atoms with Gasteiger partial charge >= 0.3 is 0 Å². The number of hydrogen-bond donors (Lipinski definition) is 0. The van der Waals surface area contributed by atoms with Crippen LogP contribution in [-0.2, 0) is 0 Å². The molecule has 2 aliphatic rings. The highest BCUT2D eigenvalue weighted by atomic mass is 16.5. The van der Waals surface area contributed by atoms with E-state index < -0.39 is 0 Å². The zero-order valence-electron chi connectivity index (χ0n) is 13.1. The Bertz CT molecular complexity index is 659. The first kappa shape index (κ1) is 13.7. The molecule has 22 heavy (non-hydrogen) atoms. The first-order valence-electron chi connectivity index (χ1n) is 8.10. The Morgan fingerprint density at radius 3 is 2.55 bits per heavy atom. The van der Waals surface area contributed by atoms with Crippen molar-refractivity contribution in [1.29, 1.82) is 0 Å². The highest BCUT2D eigenvalue weighted by Gasteiger charge is 2.32. The number of nitrogens with zero attached hydrogens (tertiary/aromatic N) is 5. The maximum Gasteiger partial charge on any atom is 0.229 e. The molecule has 4 rings (SSSR count). The summed E-state index contributed by atoms with van der Waals surface area (Å²) in [6.45, 7) is 5.89. The van der Waals surface area contributed by atoms with Crippen molar-refractivity contribution in [3.05, 3.63) is 29.2 Å². The quantitative estimate of drug-likeness (QED) is 0.868. The molecule has 0 N–H and O–H groups in total. The third kappa shape index (κ3) is 2.69. The monoisotopic (exact) mass is 299 g/mol. The fourth-order valence-electron chi connectivity index (χ4n) is 3.13. The average Bonchev–Trinajstić information content (AvgIpc) is 3.24. The molecule has 1 atom stereocenters. The standard InChI is InChI=1S/C16H21N5O/c1-10-8-11(2)18-16(17-10)21-7-3-4-13(9-21)14-19-15(22-20-14)12-5-6-12/h8,12-13H,3-7,9H2,1-2H3/t13-/m0/s1. The number of piperidine rings is 1. The second-order valence-corrected chi connectivity index (χ2v) is 6.50. The van der Waals surface area contributed by atoms with Gasteiger partial charge in [-0.15, -0.1) is 0 Å². The molecule has 3 heterocycles. The SMILES string of the molecule is Cc1cc(C)nc(N2CCC[C@H](c3noc(C4CC4)n3)C2)n1. The summed E-state index contributed by atoms with van der Waals surface area (Å²) in [4.78, 5) is 16.0. The zero-order valence-corrected chi connectivity index (χ0v) is 13.1. The molecule has 0 bridgehead atoms. The van der Waals surface area contributed by atoms with E-state index in [9.17, 15) is 0 Å². The Hall–Kier alpha value is -1.98. The predicted molar refractivity (Wildman–Crippen MR) is 82.0 cm³/mol. The minimum Gasteiger partial charge on any atom is -0.340 e. The van der Waals surface area contributed by atoms with Crippen molar-refractivity contribution in [3.63, 3.8) is 0 Å². The number of aromatic nitrogens is 4. The maximum absolute atomic E-state index is 5.41. The summed E-state index contributed by atoms with van der Waals surface area (Å²) < 4.78 is 5.41. The van der Waals surface area contributed by atoms with Crippen LogP contribution < -0.4 is 4.90 Å². The third-order valence-corrected chi connectivity index (χ3v) is 4.42. The summed E-state index contributed by atoms with van der Waals surface area (Å²) in [7, 11) is 0. The van der Waals surface area contributed by atoms with Crippen molar-refractivity contribution in [2.75, 3.05) is 18.0 Å². The Balaban J connectivity index is 1.53. The van der Waals surface area contributed by atoms with Crippen LogP contribution in [0.25, 0.3) is 0 Å². The predicted octanol–water partition coefficient (Wildman–Crippen LogP) is 2.74. The van der Waals surface area contributed by atoms with Crippen molar-refractivity contribution in [3.8, 4) is 0 Å². The Morgan fingerprint density at radius 2 is 1.82 bits per heavy atom. The second-order valence-electron chi connectivity index (χ2n) is 6.50. The van der Waals surface area contributed by atoms with Gasteiger partial charge in [0.2, 0.25) is 11.8 Å². The molecule has 1 aliphatic carbocycles. The van der Waals surface area contributed by atoms with E-state index in [0.717, 1.165) is 55.0 Å².